The van der Waals surface area contributed by atoms with Gasteiger partial charge in [-0.1, -0.05) is 42.5 Å². The summed E-state index contributed by atoms with van der Waals surface area (Å²) in [5.41, 5.74) is 1.62. The summed E-state index contributed by atoms with van der Waals surface area (Å²) in [6.07, 6.45) is 2.51. The molecule has 1 atom stereocenters. The van der Waals surface area contributed by atoms with Gasteiger partial charge in [0.2, 0.25) is 0 Å². The fourth-order valence-electron chi connectivity index (χ4n) is 2.67. The molecule has 0 fully saturated rings. The monoisotopic (exact) mass is 336 g/mol. The van der Waals surface area contributed by atoms with Gasteiger partial charge in [-0.3, -0.25) is 9.78 Å². The van der Waals surface area contributed by atoms with Crippen molar-refractivity contribution in [2.24, 2.45) is 0 Å². The lowest BCUT2D eigenvalue weighted by Gasteiger charge is -2.29. The SMILES string of the molecule is C[C@@H](Cc1cccs1)N(Cc1ccccc1)C(=O)c1ccccn1. The van der Waals surface area contributed by atoms with Gasteiger partial charge in [0, 0.05) is 30.1 Å². The fraction of sp³-hybridized carbons (Fsp3) is 0.200. The van der Waals surface area contributed by atoms with E-state index >= 15 is 0 Å². The van der Waals surface area contributed by atoms with Gasteiger partial charge in [-0.2, -0.15) is 0 Å². The Morgan fingerprint density at radius 3 is 2.54 bits per heavy atom. The van der Waals surface area contributed by atoms with Crippen molar-refractivity contribution >= 4 is 17.2 Å². The first-order valence-corrected chi connectivity index (χ1v) is 8.90. The largest absolute Gasteiger partial charge is 0.330 e. The quantitative estimate of drug-likeness (QED) is 0.668. The van der Waals surface area contributed by atoms with Crippen molar-refractivity contribution in [3.8, 4) is 0 Å². The van der Waals surface area contributed by atoms with Crippen LogP contribution in [0.3, 0.4) is 0 Å². The molecule has 0 saturated carbocycles. The Morgan fingerprint density at radius 2 is 1.88 bits per heavy atom. The zero-order valence-corrected chi connectivity index (χ0v) is 14.4. The third-order valence-electron chi connectivity index (χ3n) is 3.95. The molecule has 2 aromatic heterocycles. The van der Waals surface area contributed by atoms with Crippen molar-refractivity contribution < 1.29 is 4.79 Å². The Hall–Kier alpha value is -2.46. The van der Waals surface area contributed by atoms with Gasteiger partial charge in [0.25, 0.3) is 5.91 Å². The highest BCUT2D eigenvalue weighted by atomic mass is 32.1. The van der Waals surface area contributed by atoms with E-state index in [1.807, 2.05) is 35.2 Å². The van der Waals surface area contributed by atoms with Crippen LogP contribution in [0.4, 0.5) is 0 Å². The van der Waals surface area contributed by atoms with Crippen LogP contribution in [0.5, 0.6) is 0 Å². The van der Waals surface area contributed by atoms with Gasteiger partial charge in [0.1, 0.15) is 5.69 Å². The second-order valence-corrected chi connectivity index (χ2v) is 6.80. The van der Waals surface area contributed by atoms with Crippen molar-refractivity contribution in [3.63, 3.8) is 0 Å². The molecule has 0 unspecified atom stereocenters. The summed E-state index contributed by atoms with van der Waals surface area (Å²) < 4.78 is 0. The molecule has 0 saturated heterocycles. The van der Waals surface area contributed by atoms with E-state index in [1.54, 1.807) is 23.6 Å². The first-order valence-electron chi connectivity index (χ1n) is 8.02. The van der Waals surface area contributed by atoms with Crippen molar-refractivity contribution in [2.45, 2.75) is 25.9 Å². The van der Waals surface area contributed by atoms with Crippen molar-refractivity contribution in [3.05, 3.63) is 88.4 Å². The number of carbonyl (C=O) groups excluding carboxylic acids is 1. The highest BCUT2D eigenvalue weighted by Crippen LogP contribution is 2.18. The molecule has 3 aromatic rings. The molecule has 0 spiro atoms. The van der Waals surface area contributed by atoms with Gasteiger partial charge >= 0.3 is 0 Å². The Bertz CT molecular complexity index is 757. The number of hydrogen-bond acceptors (Lipinski definition) is 3. The second kappa shape index (κ2) is 7.88. The maximum atomic E-state index is 13.0. The number of pyridine rings is 1. The molecular formula is C20H20N2OS. The summed E-state index contributed by atoms with van der Waals surface area (Å²) in [6.45, 7) is 2.69. The number of amides is 1. The number of thiophene rings is 1. The summed E-state index contributed by atoms with van der Waals surface area (Å²) in [4.78, 5) is 20.4. The lowest BCUT2D eigenvalue weighted by Crippen LogP contribution is -2.39. The summed E-state index contributed by atoms with van der Waals surface area (Å²) in [5.74, 6) is -0.0245. The average molecular weight is 336 g/mol. The number of carbonyl (C=O) groups is 1. The molecule has 1 aromatic carbocycles. The Labute approximate surface area is 146 Å². The van der Waals surface area contributed by atoms with Crippen molar-refractivity contribution in [1.29, 1.82) is 0 Å². The van der Waals surface area contributed by atoms with Gasteiger partial charge in [0.05, 0.1) is 0 Å². The standard InChI is InChI=1S/C20H20N2OS/c1-16(14-18-10-7-13-24-18)22(15-17-8-3-2-4-9-17)20(23)19-11-5-6-12-21-19/h2-13,16H,14-15H2,1H3/t16-/m0/s1. The zero-order chi connectivity index (χ0) is 16.8. The van der Waals surface area contributed by atoms with Gasteiger partial charge < -0.3 is 4.90 Å². The molecule has 0 aliphatic rings. The lowest BCUT2D eigenvalue weighted by atomic mass is 10.1. The number of aromatic nitrogens is 1. The molecule has 3 nitrogen and oxygen atoms in total. The van der Waals surface area contributed by atoms with E-state index in [-0.39, 0.29) is 11.9 Å². The van der Waals surface area contributed by atoms with Gasteiger partial charge in [0.15, 0.2) is 0 Å². The summed E-state index contributed by atoms with van der Waals surface area (Å²) in [7, 11) is 0. The number of rotatable bonds is 6. The second-order valence-electron chi connectivity index (χ2n) is 5.77. The molecule has 0 N–H and O–H groups in total. The first kappa shape index (κ1) is 16.4. The third-order valence-corrected chi connectivity index (χ3v) is 4.85. The van der Waals surface area contributed by atoms with Crippen LogP contribution < -0.4 is 0 Å². The van der Waals surface area contributed by atoms with Gasteiger partial charge in [-0.25, -0.2) is 0 Å². The van der Waals surface area contributed by atoms with Crippen molar-refractivity contribution in [1.82, 2.24) is 9.88 Å². The lowest BCUT2D eigenvalue weighted by molar-refractivity contribution is 0.0670. The van der Waals surface area contributed by atoms with Crippen LogP contribution in [0, 0.1) is 0 Å². The molecule has 1 amide bonds. The van der Waals surface area contributed by atoms with E-state index in [1.165, 1.54) is 4.88 Å². The topological polar surface area (TPSA) is 33.2 Å². The summed E-state index contributed by atoms with van der Waals surface area (Å²) >= 11 is 1.73. The smallest absolute Gasteiger partial charge is 0.272 e. The average Bonchev–Trinajstić information content (AvgIpc) is 3.13. The molecule has 0 bridgehead atoms. The van der Waals surface area contributed by atoms with Crippen molar-refractivity contribution in [2.75, 3.05) is 0 Å². The van der Waals surface area contributed by atoms with Crippen LogP contribution in [-0.4, -0.2) is 21.8 Å². The molecule has 24 heavy (non-hydrogen) atoms. The minimum atomic E-state index is -0.0245. The van der Waals surface area contributed by atoms with Gasteiger partial charge in [-0.05, 0) is 36.1 Å². The van der Waals surface area contributed by atoms with E-state index in [4.69, 9.17) is 0 Å². The van der Waals surface area contributed by atoms with E-state index in [0.29, 0.717) is 12.2 Å². The highest BCUT2D eigenvalue weighted by molar-refractivity contribution is 7.09. The molecule has 0 aliphatic heterocycles. The highest BCUT2D eigenvalue weighted by Gasteiger charge is 2.23. The maximum Gasteiger partial charge on any atom is 0.272 e. The molecule has 3 rings (SSSR count). The molecule has 4 heteroatoms. The fourth-order valence-corrected chi connectivity index (χ4v) is 3.50. The predicted octanol–water partition coefficient (Wildman–Crippen LogP) is 4.42. The molecular weight excluding hydrogens is 316 g/mol. The van der Waals surface area contributed by atoms with E-state index in [9.17, 15) is 4.79 Å². The normalized spacial score (nSPS) is 11.9. The molecule has 0 aliphatic carbocycles. The molecule has 122 valence electrons. The Kier molecular flexibility index (Phi) is 5.39. The van der Waals surface area contributed by atoms with Crippen LogP contribution >= 0.6 is 11.3 Å². The summed E-state index contributed by atoms with van der Waals surface area (Å²) in [5, 5.41) is 2.07. The zero-order valence-electron chi connectivity index (χ0n) is 13.6. The van der Waals surface area contributed by atoms with Crippen LogP contribution in [-0.2, 0) is 13.0 Å². The molecule has 2 heterocycles. The predicted molar refractivity (Wildman–Crippen MR) is 98.0 cm³/mol. The van der Waals surface area contributed by atoms with Crippen LogP contribution in [0.2, 0.25) is 0 Å². The van der Waals surface area contributed by atoms with E-state index < -0.39 is 0 Å². The van der Waals surface area contributed by atoms with Crippen LogP contribution in [0.15, 0.2) is 72.2 Å². The van der Waals surface area contributed by atoms with E-state index in [0.717, 1.165) is 12.0 Å². The van der Waals surface area contributed by atoms with Crippen LogP contribution in [0.1, 0.15) is 27.9 Å². The maximum absolute atomic E-state index is 13.0. The minimum absolute atomic E-state index is 0.0245. The number of hydrogen-bond donors (Lipinski definition) is 0. The first-order chi connectivity index (χ1) is 11.7. The Balaban J connectivity index is 1.83. The summed E-state index contributed by atoms with van der Waals surface area (Å²) in [6, 6.07) is 19.8. The van der Waals surface area contributed by atoms with E-state index in [2.05, 4.69) is 41.6 Å². The van der Waals surface area contributed by atoms with Gasteiger partial charge in [-0.15, -0.1) is 11.3 Å². The minimum Gasteiger partial charge on any atom is -0.330 e. The number of nitrogens with zero attached hydrogens (tertiary/aromatic N) is 2. The Morgan fingerprint density at radius 1 is 1.08 bits per heavy atom. The molecule has 0 radical (unpaired) electrons. The van der Waals surface area contributed by atoms with Crippen LogP contribution in [0.25, 0.3) is 0 Å². The number of benzene rings is 1. The third kappa shape index (κ3) is 4.09.